The highest BCUT2D eigenvalue weighted by atomic mass is 16.5. The van der Waals surface area contributed by atoms with Crippen LogP contribution in [0.3, 0.4) is 0 Å². The van der Waals surface area contributed by atoms with Crippen LogP contribution in [0, 0.1) is 5.92 Å². The molecule has 0 radical (unpaired) electrons. The fraction of sp³-hybridized carbons (Fsp3) is 0.846. The highest BCUT2D eigenvalue weighted by molar-refractivity contribution is 5.86. The molecule has 5 heteroatoms. The van der Waals surface area contributed by atoms with Crippen LogP contribution in [0.4, 0.5) is 0 Å². The molecule has 2 aliphatic rings. The molecule has 0 aromatic carbocycles. The minimum atomic E-state index is -0.905. The molecule has 0 aromatic rings. The molecule has 0 spiro atoms. The van der Waals surface area contributed by atoms with Crippen molar-refractivity contribution >= 4 is 11.9 Å². The molecule has 1 aliphatic carbocycles. The maximum Gasteiger partial charge on any atom is 0.326 e. The van der Waals surface area contributed by atoms with Gasteiger partial charge in [-0.15, -0.1) is 0 Å². The first-order valence-electron chi connectivity index (χ1n) is 6.74. The number of hydrogen-bond acceptors (Lipinski definition) is 3. The largest absolute Gasteiger partial charge is 0.480 e. The van der Waals surface area contributed by atoms with Crippen molar-refractivity contribution < 1.29 is 19.4 Å². The van der Waals surface area contributed by atoms with Crippen molar-refractivity contribution in [3.8, 4) is 0 Å². The van der Waals surface area contributed by atoms with E-state index in [1.807, 2.05) is 0 Å². The number of carboxylic acids is 1. The third kappa shape index (κ3) is 3.22. The van der Waals surface area contributed by atoms with Crippen molar-refractivity contribution in [3.05, 3.63) is 0 Å². The molecule has 0 aromatic heterocycles. The van der Waals surface area contributed by atoms with E-state index in [0.29, 0.717) is 25.5 Å². The zero-order valence-corrected chi connectivity index (χ0v) is 10.8. The van der Waals surface area contributed by atoms with Crippen LogP contribution in [0.2, 0.25) is 0 Å². The number of nitrogens with zero attached hydrogens (tertiary/aromatic N) is 1. The van der Waals surface area contributed by atoms with E-state index in [4.69, 9.17) is 9.84 Å². The Hall–Kier alpha value is -1.10. The van der Waals surface area contributed by atoms with Gasteiger partial charge in [-0.3, -0.25) is 4.79 Å². The van der Waals surface area contributed by atoms with Crippen molar-refractivity contribution in [1.29, 1.82) is 0 Å². The van der Waals surface area contributed by atoms with Crippen molar-refractivity contribution in [3.63, 3.8) is 0 Å². The van der Waals surface area contributed by atoms with Crippen LogP contribution in [0.5, 0.6) is 0 Å². The molecule has 5 nitrogen and oxygen atoms in total. The van der Waals surface area contributed by atoms with Gasteiger partial charge >= 0.3 is 5.97 Å². The van der Waals surface area contributed by atoms with Gasteiger partial charge in [-0.1, -0.05) is 0 Å². The number of amides is 1. The fourth-order valence-electron chi connectivity index (χ4n) is 2.32. The lowest BCUT2D eigenvalue weighted by Crippen LogP contribution is -2.51. The van der Waals surface area contributed by atoms with Gasteiger partial charge in [-0.25, -0.2) is 4.79 Å². The predicted molar refractivity (Wildman–Crippen MR) is 65.1 cm³/mol. The Labute approximate surface area is 107 Å². The number of likely N-dealkylation sites (tertiary alicyclic amines) is 1. The Bertz CT molecular complexity index is 327. The number of ether oxygens (including phenoxy) is 1. The van der Waals surface area contributed by atoms with Crippen LogP contribution in [0.1, 0.15) is 39.0 Å². The van der Waals surface area contributed by atoms with E-state index in [9.17, 15) is 9.59 Å². The van der Waals surface area contributed by atoms with Gasteiger partial charge in [0.1, 0.15) is 12.1 Å². The Morgan fingerprint density at radius 1 is 1.33 bits per heavy atom. The lowest BCUT2D eigenvalue weighted by atomic mass is 10.0. The normalized spacial score (nSPS) is 25.8. The van der Waals surface area contributed by atoms with Crippen molar-refractivity contribution in [1.82, 2.24) is 4.90 Å². The van der Waals surface area contributed by atoms with Crippen LogP contribution in [0.25, 0.3) is 0 Å². The summed E-state index contributed by atoms with van der Waals surface area (Å²) in [6, 6.07) is -0.668. The minimum Gasteiger partial charge on any atom is -0.480 e. The Morgan fingerprint density at radius 2 is 2.06 bits per heavy atom. The summed E-state index contributed by atoms with van der Waals surface area (Å²) in [7, 11) is 0. The maximum atomic E-state index is 12.2. The summed E-state index contributed by atoms with van der Waals surface area (Å²) >= 11 is 0. The molecule has 1 saturated heterocycles. The van der Waals surface area contributed by atoms with E-state index in [-0.39, 0.29) is 5.91 Å². The van der Waals surface area contributed by atoms with Gasteiger partial charge in [-0.2, -0.15) is 0 Å². The molecule has 1 amide bonds. The first-order valence-corrected chi connectivity index (χ1v) is 6.74. The number of piperidine rings is 1. The zero-order valence-electron chi connectivity index (χ0n) is 10.8. The monoisotopic (exact) mass is 255 g/mol. The molecule has 2 fully saturated rings. The van der Waals surface area contributed by atoms with Gasteiger partial charge in [0.25, 0.3) is 5.91 Å². The SMILES string of the molecule is CC(OCC1CC1)C(=O)N1CCCCC1C(=O)O. The Kier molecular flexibility index (Phi) is 4.22. The van der Waals surface area contributed by atoms with Crippen LogP contribution in [-0.2, 0) is 14.3 Å². The highest BCUT2D eigenvalue weighted by Gasteiger charge is 2.34. The lowest BCUT2D eigenvalue weighted by Gasteiger charge is -2.34. The van der Waals surface area contributed by atoms with Gasteiger partial charge in [0.15, 0.2) is 0 Å². The number of carbonyl (C=O) groups is 2. The molecular formula is C13H21NO4. The average molecular weight is 255 g/mol. The van der Waals surface area contributed by atoms with Crippen LogP contribution >= 0.6 is 0 Å². The highest BCUT2D eigenvalue weighted by Crippen LogP contribution is 2.29. The lowest BCUT2D eigenvalue weighted by molar-refractivity contribution is -0.157. The topological polar surface area (TPSA) is 66.8 Å². The summed E-state index contributed by atoms with van der Waals surface area (Å²) in [5.41, 5.74) is 0. The van der Waals surface area contributed by atoms with E-state index >= 15 is 0 Å². The summed E-state index contributed by atoms with van der Waals surface area (Å²) in [6.07, 6.45) is 4.15. The molecule has 18 heavy (non-hydrogen) atoms. The molecule has 1 heterocycles. The van der Waals surface area contributed by atoms with Gasteiger partial charge in [0.05, 0.1) is 6.61 Å². The van der Waals surface area contributed by atoms with Crippen molar-refractivity contribution in [2.75, 3.05) is 13.2 Å². The number of aliphatic carboxylic acids is 1. The average Bonchev–Trinajstić information content (AvgIpc) is 3.19. The van der Waals surface area contributed by atoms with Crippen molar-refractivity contribution in [2.24, 2.45) is 5.92 Å². The molecule has 0 bridgehead atoms. The van der Waals surface area contributed by atoms with Gasteiger partial charge in [-0.05, 0) is 44.9 Å². The van der Waals surface area contributed by atoms with Crippen LogP contribution in [-0.4, -0.2) is 47.2 Å². The Balaban J connectivity index is 1.89. The van der Waals surface area contributed by atoms with E-state index in [2.05, 4.69) is 0 Å². The number of carboxylic acid groups (broad SMARTS) is 1. The van der Waals surface area contributed by atoms with Crippen LogP contribution < -0.4 is 0 Å². The van der Waals surface area contributed by atoms with Gasteiger partial charge in [0.2, 0.25) is 0 Å². The summed E-state index contributed by atoms with van der Waals surface area (Å²) in [5, 5.41) is 9.13. The number of carbonyl (C=O) groups excluding carboxylic acids is 1. The summed E-state index contributed by atoms with van der Waals surface area (Å²) < 4.78 is 5.52. The summed E-state index contributed by atoms with van der Waals surface area (Å²) in [6.45, 7) is 2.88. The molecule has 1 saturated carbocycles. The second-order valence-corrected chi connectivity index (χ2v) is 5.30. The molecular weight excluding hydrogens is 234 g/mol. The molecule has 1 N–H and O–H groups in total. The molecule has 102 valence electrons. The van der Waals surface area contributed by atoms with Crippen molar-refractivity contribution in [2.45, 2.75) is 51.2 Å². The number of hydrogen-bond donors (Lipinski definition) is 1. The third-order valence-corrected chi connectivity index (χ3v) is 3.70. The molecule has 1 aliphatic heterocycles. The quantitative estimate of drug-likeness (QED) is 0.803. The smallest absolute Gasteiger partial charge is 0.326 e. The fourth-order valence-corrected chi connectivity index (χ4v) is 2.32. The number of rotatable bonds is 5. The van der Waals surface area contributed by atoms with E-state index in [0.717, 1.165) is 12.8 Å². The summed E-state index contributed by atoms with van der Waals surface area (Å²) in [5.74, 6) is -0.475. The first-order chi connectivity index (χ1) is 8.59. The van der Waals surface area contributed by atoms with E-state index in [1.54, 1.807) is 6.92 Å². The molecule has 2 atom stereocenters. The predicted octanol–water partition coefficient (Wildman–Crippen LogP) is 1.27. The van der Waals surface area contributed by atoms with Gasteiger partial charge in [0, 0.05) is 6.54 Å². The first kappa shape index (κ1) is 13.3. The van der Waals surface area contributed by atoms with E-state index in [1.165, 1.54) is 17.7 Å². The van der Waals surface area contributed by atoms with Crippen LogP contribution in [0.15, 0.2) is 0 Å². The second-order valence-electron chi connectivity index (χ2n) is 5.30. The maximum absolute atomic E-state index is 12.2. The van der Waals surface area contributed by atoms with Gasteiger partial charge < -0.3 is 14.7 Å². The second kappa shape index (κ2) is 5.69. The van der Waals surface area contributed by atoms with E-state index < -0.39 is 18.1 Å². The third-order valence-electron chi connectivity index (χ3n) is 3.70. The zero-order chi connectivity index (χ0) is 13.1. The standard InChI is InChI=1S/C13H21NO4/c1-9(18-8-10-5-6-10)12(15)14-7-3-2-4-11(14)13(16)17/h9-11H,2-8H2,1H3,(H,16,17). The minimum absolute atomic E-state index is 0.178. The molecule has 2 unspecified atom stereocenters. The summed E-state index contributed by atoms with van der Waals surface area (Å²) in [4.78, 5) is 24.8. The molecule has 2 rings (SSSR count). The Morgan fingerprint density at radius 3 is 2.67 bits per heavy atom.